The molecule has 6 heteroatoms. The summed E-state index contributed by atoms with van der Waals surface area (Å²) in [5.74, 6) is -0.106. The number of likely N-dealkylation sites (tertiary alicyclic amines) is 1. The summed E-state index contributed by atoms with van der Waals surface area (Å²) in [7, 11) is 0. The lowest BCUT2D eigenvalue weighted by Gasteiger charge is -2.56. The van der Waals surface area contributed by atoms with Gasteiger partial charge >= 0.3 is 0 Å². The maximum Gasteiger partial charge on any atom is 0.258 e. The Hall–Kier alpha value is -1.04. The molecule has 0 radical (unpaired) electrons. The van der Waals surface area contributed by atoms with Crippen molar-refractivity contribution in [3.05, 3.63) is 23.1 Å². The van der Waals surface area contributed by atoms with E-state index in [2.05, 4.69) is 0 Å². The number of hydrogen-bond donors (Lipinski definition) is 1. The number of rotatable bonds is 3. The Morgan fingerprint density at radius 3 is 2.81 bits per heavy atom. The molecule has 3 rings (SSSR count). The van der Waals surface area contributed by atoms with Crippen molar-refractivity contribution in [1.29, 1.82) is 0 Å². The molecule has 2 atom stereocenters. The van der Waals surface area contributed by atoms with Crippen LogP contribution in [0.5, 0.6) is 0 Å². The molecule has 2 fully saturated rings. The van der Waals surface area contributed by atoms with Crippen LogP contribution in [0.1, 0.15) is 36.5 Å². The summed E-state index contributed by atoms with van der Waals surface area (Å²) in [6, 6.07) is 1.59. The van der Waals surface area contributed by atoms with E-state index in [1.807, 2.05) is 6.92 Å². The largest absolute Gasteiger partial charge is 0.452 e. The summed E-state index contributed by atoms with van der Waals surface area (Å²) in [5, 5.41) is 10.3. The number of carbonyl (C=O) groups is 1. The minimum atomic E-state index is -0.316. The Labute approximate surface area is 128 Å². The third-order valence-corrected chi connectivity index (χ3v) is 5.23. The van der Waals surface area contributed by atoms with Gasteiger partial charge in [-0.2, -0.15) is 0 Å². The summed E-state index contributed by atoms with van der Waals surface area (Å²) < 4.78 is 10.7. The molecule has 1 N–H and O–H groups in total. The zero-order chi connectivity index (χ0) is 15.0. The molecule has 0 bridgehead atoms. The van der Waals surface area contributed by atoms with Gasteiger partial charge in [-0.05, 0) is 37.4 Å². The first-order valence-corrected chi connectivity index (χ1v) is 7.78. The van der Waals surface area contributed by atoms with Crippen LogP contribution in [0.3, 0.4) is 0 Å². The minimum Gasteiger partial charge on any atom is -0.452 e. The molecule has 0 unspecified atom stereocenters. The van der Waals surface area contributed by atoms with E-state index < -0.39 is 0 Å². The van der Waals surface area contributed by atoms with Gasteiger partial charge in [0.25, 0.3) is 5.91 Å². The predicted octanol–water partition coefficient (Wildman–Crippen LogP) is 2.33. The molecule has 1 aromatic heterocycles. The van der Waals surface area contributed by atoms with Gasteiger partial charge in [0.1, 0.15) is 0 Å². The van der Waals surface area contributed by atoms with Crippen molar-refractivity contribution in [2.24, 2.45) is 5.41 Å². The monoisotopic (exact) mass is 313 g/mol. The molecule has 2 aliphatic rings. The van der Waals surface area contributed by atoms with Crippen molar-refractivity contribution >= 4 is 17.5 Å². The highest BCUT2D eigenvalue weighted by molar-refractivity contribution is 6.32. The molecule has 1 aliphatic heterocycles. The van der Waals surface area contributed by atoms with E-state index in [9.17, 15) is 9.90 Å². The van der Waals surface area contributed by atoms with Crippen molar-refractivity contribution in [2.75, 3.05) is 19.7 Å². The lowest BCUT2D eigenvalue weighted by molar-refractivity contribution is -0.207. The van der Waals surface area contributed by atoms with Gasteiger partial charge in [0.05, 0.1) is 24.0 Å². The van der Waals surface area contributed by atoms with E-state index in [0.717, 1.165) is 12.8 Å². The van der Waals surface area contributed by atoms with Crippen LogP contribution in [-0.2, 0) is 4.74 Å². The molecule has 1 amide bonds. The number of nitrogens with zero attached hydrogens (tertiary/aromatic N) is 1. The lowest BCUT2D eigenvalue weighted by atomic mass is 9.58. The van der Waals surface area contributed by atoms with E-state index in [1.54, 1.807) is 11.0 Å². The molecule has 0 aromatic carbocycles. The molecular weight excluding hydrogens is 294 g/mol. The van der Waals surface area contributed by atoms with Gasteiger partial charge in [-0.1, -0.05) is 0 Å². The second-order valence-corrected chi connectivity index (χ2v) is 6.17. The summed E-state index contributed by atoms with van der Waals surface area (Å²) in [5.41, 5.74) is 0.232. The number of furan rings is 1. The number of hydrogen-bond acceptors (Lipinski definition) is 4. The van der Waals surface area contributed by atoms with Gasteiger partial charge in [0, 0.05) is 31.5 Å². The molecule has 1 aliphatic carbocycles. The third kappa shape index (κ3) is 2.37. The maximum absolute atomic E-state index is 12.4. The molecule has 1 spiro atoms. The quantitative estimate of drug-likeness (QED) is 0.930. The Balaban J connectivity index is 1.65. The Kier molecular flexibility index (Phi) is 3.99. The zero-order valence-corrected chi connectivity index (χ0v) is 12.8. The van der Waals surface area contributed by atoms with Crippen molar-refractivity contribution in [1.82, 2.24) is 4.90 Å². The molecule has 1 aromatic rings. The number of ether oxygens (including phenoxy) is 1. The highest BCUT2D eigenvalue weighted by atomic mass is 35.5. The van der Waals surface area contributed by atoms with E-state index in [4.69, 9.17) is 20.8 Å². The first-order chi connectivity index (χ1) is 10.1. The Morgan fingerprint density at radius 1 is 1.57 bits per heavy atom. The second-order valence-electron chi connectivity index (χ2n) is 5.83. The first kappa shape index (κ1) is 14.9. The average Bonchev–Trinajstić information content (AvgIpc) is 2.92. The number of aliphatic hydroxyl groups excluding tert-OH is 1. The zero-order valence-electron chi connectivity index (χ0n) is 12.0. The van der Waals surface area contributed by atoms with Crippen LogP contribution in [0.25, 0.3) is 0 Å². The Bertz CT molecular complexity index is 519. The predicted molar refractivity (Wildman–Crippen MR) is 77.3 cm³/mol. The fraction of sp³-hybridized carbons (Fsp3) is 0.667. The lowest BCUT2D eigenvalue weighted by Crippen LogP contribution is -2.62. The topological polar surface area (TPSA) is 62.9 Å². The van der Waals surface area contributed by atoms with Gasteiger partial charge in [-0.15, -0.1) is 0 Å². The smallest absolute Gasteiger partial charge is 0.258 e. The fourth-order valence-electron chi connectivity index (χ4n) is 3.56. The molecule has 1 saturated carbocycles. The van der Waals surface area contributed by atoms with E-state index in [0.29, 0.717) is 31.7 Å². The second kappa shape index (κ2) is 5.63. The van der Waals surface area contributed by atoms with Gasteiger partial charge in [0.15, 0.2) is 0 Å². The number of amides is 1. The van der Waals surface area contributed by atoms with Crippen LogP contribution < -0.4 is 0 Å². The fourth-order valence-corrected chi connectivity index (χ4v) is 3.75. The highest BCUT2D eigenvalue weighted by Crippen LogP contribution is 2.51. The van der Waals surface area contributed by atoms with Crippen LogP contribution in [-0.4, -0.2) is 47.8 Å². The number of aliphatic hydroxyl groups is 1. The molecule has 1 saturated heterocycles. The van der Waals surface area contributed by atoms with Crippen LogP contribution >= 0.6 is 11.6 Å². The van der Waals surface area contributed by atoms with Crippen molar-refractivity contribution < 1.29 is 19.1 Å². The van der Waals surface area contributed by atoms with Gasteiger partial charge in [0.2, 0.25) is 5.22 Å². The number of piperidine rings is 1. The normalized spacial score (nSPS) is 27.7. The average molecular weight is 314 g/mol. The molecule has 5 nitrogen and oxygen atoms in total. The molecular formula is C15H20ClNO4. The third-order valence-electron chi connectivity index (χ3n) is 4.94. The van der Waals surface area contributed by atoms with Gasteiger partial charge in [-0.25, -0.2) is 0 Å². The van der Waals surface area contributed by atoms with E-state index in [-0.39, 0.29) is 28.7 Å². The van der Waals surface area contributed by atoms with Gasteiger partial charge < -0.3 is 19.2 Å². The summed E-state index contributed by atoms with van der Waals surface area (Å²) in [6.07, 6.45) is 3.45. The van der Waals surface area contributed by atoms with Gasteiger partial charge in [-0.3, -0.25) is 4.79 Å². The summed E-state index contributed by atoms with van der Waals surface area (Å²) >= 11 is 5.86. The molecule has 21 heavy (non-hydrogen) atoms. The molecule has 116 valence electrons. The van der Waals surface area contributed by atoms with Crippen LogP contribution in [0.15, 0.2) is 16.7 Å². The van der Waals surface area contributed by atoms with Crippen LogP contribution in [0, 0.1) is 5.41 Å². The van der Waals surface area contributed by atoms with Crippen molar-refractivity contribution in [3.63, 3.8) is 0 Å². The van der Waals surface area contributed by atoms with E-state index in [1.165, 1.54) is 6.26 Å². The SMILES string of the molecule is CCO[C@H]1C[C@@H](O)C12CCN(C(=O)c1ccoc1Cl)CC2. The Morgan fingerprint density at radius 2 is 2.29 bits per heavy atom. The summed E-state index contributed by atoms with van der Waals surface area (Å²) in [6.45, 7) is 3.85. The maximum atomic E-state index is 12.4. The van der Waals surface area contributed by atoms with Crippen LogP contribution in [0.2, 0.25) is 5.22 Å². The minimum absolute atomic E-state index is 0.106. The standard InChI is InChI=1S/C15H20ClNO4/c1-2-20-12-9-11(18)15(12)4-6-17(7-5-15)14(19)10-3-8-21-13(10)16/h3,8,11-12,18H,2,4-7,9H2,1H3/t11-,12+/m1/s1. The number of halogens is 1. The first-order valence-electron chi connectivity index (χ1n) is 7.40. The van der Waals surface area contributed by atoms with Crippen LogP contribution in [0.4, 0.5) is 0 Å². The molecule has 2 heterocycles. The highest BCUT2D eigenvalue weighted by Gasteiger charge is 2.56. The van der Waals surface area contributed by atoms with E-state index >= 15 is 0 Å². The van der Waals surface area contributed by atoms with Crippen molar-refractivity contribution in [3.8, 4) is 0 Å². The van der Waals surface area contributed by atoms with Crippen molar-refractivity contribution in [2.45, 2.75) is 38.4 Å². The number of carbonyl (C=O) groups excluding carboxylic acids is 1. The summed E-state index contributed by atoms with van der Waals surface area (Å²) in [4.78, 5) is 14.1.